The van der Waals surface area contributed by atoms with Crippen LogP contribution in [0.2, 0.25) is 0 Å². The molecule has 0 N–H and O–H groups in total. The Morgan fingerprint density at radius 1 is 1.03 bits per heavy atom. The van der Waals surface area contributed by atoms with E-state index in [0.29, 0.717) is 11.1 Å². The molecule has 10 heteroatoms. The van der Waals surface area contributed by atoms with E-state index < -0.39 is 33.9 Å². The van der Waals surface area contributed by atoms with Crippen LogP contribution in [0.5, 0.6) is 0 Å². The van der Waals surface area contributed by atoms with Gasteiger partial charge in [0.15, 0.2) is 9.84 Å². The van der Waals surface area contributed by atoms with Crippen LogP contribution in [0.15, 0.2) is 58.4 Å². The second-order valence-electron chi connectivity index (χ2n) is 6.77. The van der Waals surface area contributed by atoms with Crippen LogP contribution in [-0.2, 0) is 16.4 Å². The van der Waals surface area contributed by atoms with Gasteiger partial charge in [-0.25, -0.2) is 17.5 Å². The number of benzene rings is 2. The van der Waals surface area contributed by atoms with Gasteiger partial charge >= 0.3 is 6.18 Å². The van der Waals surface area contributed by atoms with Gasteiger partial charge in [0.1, 0.15) is 12.4 Å². The van der Waals surface area contributed by atoms with Crippen molar-refractivity contribution in [3.8, 4) is 22.3 Å². The van der Waals surface area contributed by atoms with Gasteiger partial charge in [-0.05, 0) is 41.8 Å². The molecule has 0 unspecified atom stereocenters. The molecule has 1 aromatic heterocycles. The average molecular weight is 440 g/mol. The van der Waals surface area contributed by atoms with Crippen molar-refractivity contribution in [3.05, 3.63) is 70.4 Å². The summed E-state index contributed by atoms with van der Waals surface area (Å²) in [5.74, 6) is -0.621. The molecular formula is C20H16F4N2O3S. The third kappa shape index (κ3) is 4.59. The molecule has 0 aliphatic rings. The zero-order chi connectivity index (χ0) is 22.3. The lowest BCUT2D eigenvalue weighted by molar-refractivity contribution is -0.143. The molecule has 3 aromatic rings. The van der Waals surface area contributed by atoms with Crippen LogP contribution in [-0.4, -0.2) is 30.6 Å². The van der Waals surface area contributed by atoms with Gasteiger partial charge in [-0.3, -0.25) is 4.79 Å². The van der Waals surface area contributed by atoms with E-state index in [9.17, 15) is 30.8 Å². The van der Waals surface area contributed by atoms with Crippen LogP contribution in [0.1, 0.15) is 5.56 Å². The van der Waals surface area contributed by atoms with Crippen molar-refractivity contribution >= 4 is 9.84 Å². The number of hydrogen-bond acceptors (Lipinski definition) is 4. The minimum absolute atomic E-state index is 0.0348. The Balaban J connectivity index is 2.26. The van der Waals surface area contributed by atoms with E-state index in [4.69, 9.17) is 0 Å². The summed E-state index contributed by atoms with van der Waals surface area (Å²) >= 11 is 0. The Hall–Kier alpha value is -3.01. The summed E-state index contributed by atoms with van der Waals surface area (Å²) < 4.78 is 76.2. The first-order valence-electron chi connectivity index (χ1n) is 8.61. The Labute approximate surface area is 169 Å². The number of nitrogens with zero attached hydrogens (tertiary/aromatic N) is 2. The number of hydrogen-bond donors (Lipinski definition) is 0. The minimum Gasteiger partial charge on any atom is -0.267 e. The SMILES string of the molecule is Cc1ccc(-c2c(-c3ccc(S(C)(=O)=O)cc3)cnn(CC(F)(F)F)c2=O)cc1F. The molecule has 0 radical (unpaired) electrons. The topological polar surface area (TPSA) is 69.0 Å². The maximum absolute atomic E-state index is 14.1. The smallest absolute Gasteiger partial charge is 0.267 e. The van der Waals surface area contributed by atoms with Gasteiger partial charge in [-0.15, -0.1) is 0 Å². The van der Waals surface area contributed by atoms with Gasteiger partial charge < -0.3 is 0 Å². The summed E-state index contributed by atoms with van der Waals surface area (Å²) in [6.07, 6.45) is -2.57. The number of aromatic nitrogens is 2. The highest BCUT2D eigenvalue weighted by molar-refractivity contribution is 7.90. The van der Waals surface area contributed by atoms with Crippen LogP contribution < -0.4 is 5.56 Å². The summed E-state index contributed by atoms with van der Waals surface area (Å²) in [7, 11) is -3.47. The van der Waals surface area contributed by atoms with Crippen molar-refractivity contribution in [3.63, 3.8) is 0 Å². The fourth-order valence-corrected chi connectivity index (χ4v) is 3.53. The Kier molecular flexibility index (Phi) is 5.55. The molecule has 30 heavy (non-hydrogen) atoms. The van der Waals surface area contributed by atoms with Crippen LogP contribution in [0.3, 0.4) is 0 Å². The van der Waals surface area contributed by atoms with Crippen molar-refractivity contribution in [2.75, 3.05) is 6.26 Å². The lowest BCUT2D eigenvalue weighted by atomic mass is 9.96. The lowest BCUT2D eigenvalue weighted by Gasteiger charge is -2.14. The summed E-state index contributed by atoms with van der Waals surface area (Å²) in [5.41, 5.74) is -0.310. The highest BCUT2D eigenvalue weighted by Gasteiger charge is 2.30. The Bertz CT molecular complexity index is 1260. The van der Waals surface area contributed by atoms with E-state index in [-0.39, 0.29) is 26.3 Å². The molecule has 0 saturated heterocycles. The monoisotopic (exact) mass is 440 g/mol. The van der Waals surface area contributed by atoms with Gasteiger partial charge in [0.2, 0.25) is 0 Å². The molecule has 0 spiro atoms. The quantitative estimate of drug-likeness (QED) is 0.576. The summed E-state index contributed by atoms with van der Waals surface area (Å²) in [5, 5.41) is 3.61. The zero-order valence-electron chi connectivity index (χ0n) is 15.9. The standard InChI is InChI=1S/C20H16F4N2O3S/c1-12-3-4-14(9-17(12)21)18-16(10-25-26(19(18)27)11-20(22,23)24)13-5-7-15(8-6-13)30(2,28)29/h3-10H,11H2,1-2H3. The maximum atomic E-state index is 14.1. The van der Waals surface area contributed by atoms with E-state index in [1.165, 1.54) is 43.3 Å². The van der Waals surface area contributed by atoms with Gasteiger partial charge in [-0.1, -0.05) is 24.3 Å². The normalized spacial score (nSPS) is 12.2. The average Bonchev–Trinajstić information content (AvgIpc) is 2.64. The Morgan fingerprint density at radius 3 is 2.17 bits per heavy atom. The van der Waals surface area contributed by atoms with Gasteiger partial charge in [0.25, 0.3) is 5.56 Å². The fourth-order valence-electron chi connectivity index (χ4n) is 2.90. The molecule has 0 atom stereocenters. The molecule has 0 aliphatic carbocycles. The molecule has 5 nitrogen and oxygen atoms in total. The molecule has 0 bridgehead atoms. The Morgan fingerprint density at radius 2 is 1.63 bits per heavy atom. The molecule has 0 fully saturated rings. The molecule has 1 heterocycles. The van der Waals surface area contributed by atoms with Crippen molar-refractivity contribution in [1.29, 1.82) is 0 Å². The molecule has 2 aromatic carbocycles. The van der Waals surface area contributed by atoms with Crippen molar-refractivity contribution in [2.45, 2.75) is 24.5 Å². The second kappa shape index (κ2) is 7.67. The third-order valence-electron chi connectivity index (χ3n) is 4.43. The fraction of sp³-hybridized carbons (Fsp3) is 0.200. The van der Waals surface area contributed by atoms with Gasteiger partial charge in [0.05, 0.1) is 16.7 Å². The van der Waals surface area contributed by atoms with Gasteiger partial charge in [-0.2, -0.15) is 18.3 Å². The van der Waals surface area contributed by atoms with E-state index in [2.05, 4.69) is 5.10 Å². The molecule has 158 valence electrons. The largest absolute Gasteiger partial charge is 0.408 e. The molecule has 0 saturated carbocycles. The first-order chi connectivity index (χ1) is 13.9. The van der Waals surface area contributed by atoms with Crippen molar-refractivity contribution in [2.24, 2.45) is 0 Å². The number of halogens is 4. The van der Waals surface area contributed by atoms with Gasteiger partial charge in [0, 0.05) is 11.8 Å². The molecule has 0 amide bonds. The van der Waals surface area contributed by atoms with Crippen LogP contribution in [0, 0.1) is 12.7 Å². The van der Waals surface area contributed by atoms with E-state index in [1.54, 1.807) is 0 Å². The third-order valence-corrected chi connectivity index (χ3v) is 5.56. The van der Waals surface area contributed by atoms with E-state index >= 15 is 0 Å². The maximum Gasteiger partial charge on any atom is 0.408 e. The predicted octanol–water partition coefficient (Wildman–Crippen LogP) is 3.99. The molecule has 0 aliphatic heterocycles. The first kappa shape index (κ1) is 21.7. The van der Waals surface area contributed by atoms with E-state index in [1.807, 2.05) is 0 Å². The lowest BCUT2D eigenvalue weighted by Crippen LogP contribution is -2.31. The van der Waals surface area contributed by atoms with Crippen LogP contribution in [0.25, 0.3) is 22.3 Å². The highest BCUT2D eigenvalue weighted by Crippen LogP contribution is 2.31. The zero-order valence-corrected chi connectivity index (χ0v) is 16.7. The summed E-state index contributed by atoms with van der Waals surface area (Å²) in [6.45, 7) is -0.0844. The number of rotatable bonds is 4. The van der Waals surface area contributed by atoms with Crippen molar-refractivity contribution in [1.82, 2.24) is 9.78 Å². The molecular weight excluding hydrogens is 424 g/mol. The van der Waals surface area contributed by atoms with E-state index in [0.717, 1.165) is 18.5 Å². The minimum atomic E-state index is -4.68. The predicted molar refractivity (Wildman–Crippen MR) is 103 cm³/mol. The number of alkyl halides is 3. The molecule has 3 rings (SSSR count). The highest BCUT2D eigenvalue weighted by atomic mass is 32.2. The van der Waals surface area contributed by atoms with Crippen LogP contribution in [0.4, 0.5) is 17.6 Å². The van der Waals surface area contributed by atoms with Crippen molar-refractivity contribution < 1.29 is 26.0 Å². The first-order valence-corrected chi connectivity index (χ1v) is 10.5. The number of sulfone groups is 1. The second-order valence-corrected chi connectivity index (χ2v) is 8.79. The van der Waals surface area contributed by atoms with Crippen LogP contribution >= 0.6 is 0 Å². The number of aryl methyl sites for hydroxylation is 1. The summed E-state index contributed by atoms with van der Waals surface area (Å²) in [4.78, 5) is 12.9. The summed E-state index contributed by atoms with van der Waals surface area (Å²) in [6, 6.07) is 9.36.